The minimum Gasteiger partial charge on any atom is -0.395 e. The molecule has 104 valence electrons. The lowest BCUT2D eigenvalue weighted by atomic mass is 10.1. The summed E-state index contributed by atoms with van der Waals surface area (Å²) >= 11 is 0. The molecule has 0 bridgehead atoms. The van der Waals surface area contributed by atoms with E-state index in [1.54, 1.807) is 19.1 Å². The molecule has 1 unspecified atom stereocenters. The van der Waals surface area contributed by atoms with Crippen molar-refractivity contribution >= 4 is 0 Å². The quantitative estimate of drug-likeness (QED) is 0.790. The lowest BCUT2D eigenvalue weighted by Crippen LogP contribution is -2.27. The smallest absolute Gasteiger partial charge is 0.128 e. The predicted octanol–water partition coefficient (Wildman–Crippen LogP) is 1.37. The fourth-order valence-electron chi connectivity index (χ4n) is 1.78. The highest BCUT2D eigenvalue weighted by atomic mass is 19.1. The maximum Gasteiger partial charge on any atom is 0.128 e. The van der Waals surface area contributed by atoms with Crippen molar-refractivity contribution in [2.45, 2.75) is 26.0 Å². The molecule has 4 heteroatoms. The van der Waals surface area contributed by atoms with E-state index in [-0.39, 0.29) is 12.4 Å². The summed E-state index contributed by atoms with van der Waals surface area (Å²) in [7, 11) is 1.83. The van der Waals surface area contributed by atoms with E-state index in [4.69, 9.17) is 5.11 Å². The summed E-state index contributed by atoms with van der Waals surface area (Å²) in [4.78, 5) is 1.86. The molecule has 0 aromatic heterocycles. The van der Waals surface area contributed by atoms with Gasteiger partial charge in [-0.15, -0.1) is 0 Å². The number of aliphatic hydroxyl groups excluding tert-OH is 2. The first-order valence-electron chi connectivity index (χ1n) is 6.27. The van der Waals surface area contributed by atoms with Gasteiger partial charge in [-0.25, -0.2) is 4.39 Å². The molecule has 0 radical (unpaired) electrons. The Morgan fingerprint density at radius 1 is 1.42 bits per heavy atom. The normalized spacial score (nSPS) is 12.1. The average molecular weight is 265 g/mol. The lowest BCUT2D eigenvalue weighted by Gasteiger charge is -2.18. The van der Waals surface area contributed by atoms with Crippen LogP contribution in [-0.2, 0) is 6.54 Å². The van der Waals surface area contributed by atoms with E-state index < -0.39 is 6.10 Å². The Balaban J connectivity index is 2.70. The predicted molar refractivity (Wildman–Crippen MR) is 73.0 cm³/mol. The van der Waals surface area contributed by atoms with Gasteiger partial charge in [0.15, 0.2) is 0 Å². The van der Waals surface area contributed by atoms with Gasteiger partial charge in [0.25, 0.3) is 0 Å². The molecule has 0 amide bonds. The number of halogens is 1. The van der Waals surface area contributed by atoms with E-state index in [0.29, 0.717) is 30.6 Å². The van der Waals surface area contributed by atoms with Gasteiger partial charge < -0.3 is 10.2 Å². The molecular formula is C15H20FNO2. The van der Waals surface area contributed by atoms with E-state index in [2.05, 4.69) is 11.8 Å². The monoisotopic (exact) mass is 265 g/mol. The summed E-state index contributed by atoms with van der Waals surface area (Å²) < 4.78 is 13.9. The highest BCUT2D eigenvalue weighted by Crippen LogP contribution is 2.12. The van der Waals surface area contributed by atoms with Crippen LogP contribution in [0, 0.1) is 17.7 Å². The van der Waals surface area contributed by atoms with Gasteiger partial charge in [-0.05, 0) is 26.1 Å². The van der Waals surface area contributed by atoms with Crippen LogP contribution in [0.2, 0.25) is 0 Å². The van der Waals surface area contributed by atoms with Crippen LogP contribution in [0.5, 0.6) is 0 Å². The second-order valence-electron chi connectivity index (χ2n) is 4.63. The molecule has 1 aromatic carbocycles. The number of likely N-dealkylation sites (N-methyl/N-ethyl adjacent to an activating group) is 1. The number of rotatable bonds is 5. The van der Waals surface area contributed by atoms with Crippen molar-refractivity contribution in [3.05, 3.63) is 35.1 Å². The standard InChI is InChI=1S/C15H20FNO2/c1-12(19)10-17(2)11-14-7-6-13(9-15(14)16)5-3-4-8-18/h6-7,9,12,18-19H,4,8,10-11H2,1-2H3. The second kappa shape index (κ2) is 7.90. The van der Waals surface area contributed by atoms with Gasteiger partial charge >= 0.3 is 0 Å². The molecule has 0 aliphatic rings. The van der Waals surface area contributed by atoms with Crippen molar-refractivity contribution in [1.82, 2.24) is 4.90 Å². The Morgan fingerprint density at radius 3 is 2.74 bits per heavy atom. The molecule has 1 aromatic rings. The van der Waals surface area contributed by atoms with Gasteiger partial charge in [-0.1, -0.05) is 17.9 Å². The molecule has 0 fully saturated rings. The molecule has 3 nitrogen and oxygen atoms in total. The van der Waals surface area contributed by atoms with E-state index in [1.807, 2.05) is 11.9 Å². The summed E-state index contributed by atoms with van der Waals surface area (Å²) in [6.07, 6.45) is -0.0442. The van der Waals surface area contributed by atoms with Crippen LogP contribution in [0.1, 0.15) is 24.5 Å². The third-order valence-electron chi connectivity index (χ3n) is 2.54. The van der Waals surface area contributed by atoms with Crippen LogP contribution >= 0.6 is 0 Å². The Hall–Kier alpha value is -1.41. The molecule has 0 aliphatic carbocycles. The van der Waals surface area contributed by atoms with Gasteiger partial charge in [-0.3, -0.25) is 4.90 Å². The van der Waals surface area contributed by atoms with Crippen LogP contribution in [0.15, 0.2) is 18.2 Å². The first kappa shape index (κ1) is 15.6. The van der Waals surface area contributed by atoms with Gasteiger partial charge in [0, 0.05) is 30.6 Å². The zero-order valence-corrected chi connectivity index (χ0v) is 11.4. The SMILES string of the molecule is CC(O)CN(C)Cc1ccc(C#CCCO)cc1F. The van der Waals surface area contributed by atoms with E-state index >= 15 is 0 Å². The summed E-state index contributed by atoms with van der Waals surface area (Å²) in [5, 5.41) is 17.9. The largest absolute Gasteiger partial charge is 0.395 e. The van der Waals surface area contributed by atoms with Crippen LogP contribution < -0.4 is 0 Å². The van der Waals surface area contributed by atoms with Crippen LogP contribution in [-0.4, -0.2) is 41.4 Å². The Bertz CT molecular complexity index is 463. The highest BCUT2D eigenvalue weighted by Gasteiger charge is 2.08. The number of nitrogens with zero attached hydrogens (tertiary/aromatic N) is 1. The molecule has 19 heavy (non-hydrogen) atoms. The van der Waals surface area contributed by atoms with Gasteiger partial charge in [0.05, 0.1) is 12.7 Å². The minimum atomic E-state index is -0.434. The van der Waals surface area contributed by atoms with E-state index in [9.17, 15) is 9.50 Å². The zero-order chi connectivity index (χ0) is 14.3. The fourth-order valence-corrected chi connectivity index (χ4v) is 1.78. The molecular weight excluding hydrogens is 245 g/mol. The molecule has 0 spiro atoms. The Morgan fingerprint density at radius 2 is 2.16 bits per heavy atom. The average Bonchev–Trinajstić information content (AvgIpc) is 2.32. The molecule has 0 heterocycles. The summed E-state index contributed by atoms with van der Waals surface area (Å²) in [5.74, 6) is 5.25. The zero-order valence-electron chi connectivity index (χ0n) is 11.4. The van der Waals surface area contributed by atoms with Crippen LogP contribution in [0.4, 0.5) is 4.39 Å². The Labute approximate surface area is 113 Å². The maximum atomic E-state index is 13.9. The minimum absolute atomic E-state index is 0.0116. The first-order chi connectivity index (χ1) is 9.02. The summed E-state index contributed by atoms with van der Waals surface area (Å²) in [6.45, 7) is 2.66. The number of aliphatic hydroxyl groups is 2. The molecule has 1 atom stereocenters. The van der Waals surface area contributed by atoms with Crippen molar-refractivity contribution in [3.8, 4) is 11.8 Å². The van der Waals surface area contributed by atoms with Crippen LogP contribution in [0.3, 0.4) is 0 Å². The third kappa shape index (κ3) is 5.84. The van der Waals surface area contributed by atoms with Crippen molar-refractivity contribution in [3.63, 3.8) is 0 Å². The summed E-state index contributed by atoms with van der Waals surface area (Å²) in [5.41, 5.74) is 1.18. The molecule has 0 saturated carbocycles. The molecule has 2 N–H and O–H groups in total. The van der Waals surface area contributed by atoms with Gasteiger partial charge in [0.2, 0.25) is 0 Å². The topological polar surface area (TPSA) is 43.7 Å². The molecule has 1 rings (SSSR count). The molecule has 0 aliphatic heterocycles. The maximum absolute atomic E-state index is 13.9. The van der Waals surface area contributed by atoms with Crippen LogP contribution in [0.25, 0.3) is 0 Å². The number of hydrogen-bond donors (Lipinski definition) is 2. The van der Waals surface area contributed by atoms with E-state index in [0.717, 1.165) is 0 Å². The number of hydrogen-bond acceptors (Lipinski definition) is 3. The van der Waals surface area contributed by atoms with Gasteiger partial charge in [0.1, 0.15) is 5.82 Å². The van der Waals surface area contributed by atoms with E-state index in [1.165, 1.54) is 6.07 Å². The van der Waals surface area contributed by atoms with Crippen molar-refractivity contribution < 1.29 is 14.6 Å². The third-order valence-corrected chi connectivity index (χ3v) is 2.54. The van der Waals surface area contributed by atoms with Crippen molar-refractivity contribution in [2.75, 3.05) is 20.2 Å². The van der Waals surface area contributed by atoms with Crippen molar-refractivity contribution in [1.29, 1.82) is 0 Å². The summed E-state index contributed by atoms with van der Waals surface area (Å²) in [6, 6.07) is 4.87. The van der Waals surface area contributed by atoms with Gasteiger partial charge in [-0.2, -0.15) is 0 Å². The molecule has 0 saturated heterocycles. The lowest BCUT2D eigenvalue weighted by molar-refractivity contribution is 0.137. The van der Waals surface area contributed by atoms with Crippen molar-refractivity contribution in [2.24, 2.45) is 0 Å². The highest BCUT2D eigenvalue weighted by molar-refractivity contribution is 5.37. The first-order valence-corrected chi connectivity index (χ1v) is 6.27. The number of benzene rings is 1. The fraction of sp³-hybridized carbons (Fsp3) is 0.467. The Kier molecular flexibility index (Phi) is 6.51. The second-order valence-corrected chi connectivity index (χ2v) is 4.63.